The monoisotopic (exact) mass is 188 g/mol. The molecule has 0 unspecified atom stereocenters. The van der Waals surface area contributed by atoms with Gasteiger partial charge in [0.05, 0.1) is 5.57 Å². The minimum Gasteiger partial charge on any atom is -0.478 e. The van der Waals surface area contributed by atoms with E-state index in [0.717, 1.165) is 5.56 Å². The molecule has 1 aromatic carbocycles. The molecule has 0 bridgehead atoms. The first-order chi connectivity index (χ1) is 6.66. The van der Waals surface area contributed by atoms with Crippen molar-refractivity contribution in [3.63, 3.8) is 0 Å². The van der Waals surface area contributed by atoms with Crippen LogP contribution in [0.1, 0.15) is 12.5 Å². The highest BCUT2D eigenvalue weighted by molar-refractivity contribution is 6.04. The third kappa shape index (κ3) is 2.10. The van der Waals surface area contributed by atoms with Crippen molar-refractivity contribution in [3.05, 3.63) is 54.1 Å². The van der Waals surface area contributed by atoms with Crippen LogP contribution >= 0.6 is 0 Å². The van der Waals surface area contributed by atoms with Gasteiger partial charge in [-0.3, -0.25) is 0 Å². The van der Waals surface area contributed by atoms with Gasteiger partial charge in [-0.2, -0.15) is 0 Å². The largest absolute Gasteiger partial charge is 0.478 e. The summed E-state index contributed by atoms with van der Waals surface area (Å²) in [6.07, 6.45) is 1.76. The zero-order valence-electron chi connectivity index (χ0n) is 8.03. The number of benzene rings is 1. The molecule has 1 aromatic rings. The quantitative estimate of drug-likeness (QED) is 0.585. The predicted molar refractivity (Wildman–Crippen MR) is 56.9 cm³/mol. The van der Waals surface area contributed by atoms with Gasteiger partial charge >= 0.3 is 5.97 Å². The molecule has 0 fully saturated rings. The number of hydrogen-bond donors (Lipinski definition) is 1. The fourth-order valence-electron chi connectivity index (χ4n) is 1.25. The first kappa shape index (κ1) is 10.3. The second-order valence-corrected chi connectivity index (χ2v) is 2.85. The van der Waals surface area contributed by atoms with Gasteiger partial charge in [-0.05, 0) is 18.1 Å². The highest BCUT2D eigenvalue weighted by atomic mass is 16.4. The van der Waals surface area contributed by atoms with Crippen molar-refractivity contribution in [1.82, 2.24) is 0 Å². The van der Waals surface area contributed by atoms with Crippen LogP contribution in [0.4, 0.5) is 0 Å². The molecule has 14 heavy (non-hydrogen) atoms. The molecule has 1 N–H and O–H groups in total. The van der Waals surface area contributed by atoms with Crippen LogP contribution in [0, 0.1) is 0 Å². The molecule has 0 aliphatic rings. The van der Waals surface area contributed by atoms with Crippen molar-refractivity contribution in [3.8, 4) is 0 Å². The summed E-state index contributed by atoms with van der Waals surface area (Å²) in [6, 6.07) is 9.36. The molecule has 0 aliphatic heterocycles. The summed E-state index contributed by atoms with van der Waals surface area (Å²) in [6.45, 7) is 5.34. The molecule has 0 aromatic heterocycles. The van der Waals surface area contributed by atoms with Crippen LogP contribution < -0.4 is 0 Å². The third-order valence-electron chi connectivity index (χ3n) is 1.96. The Hall–Kier alpha value is -1.83. The van der Waals surface area contributed by atoms with E-state index in [1.54, 1.807) is 13.0 Å². The Labute approximate surface area is 83.2 Å². The zero-order chi connectivity index (χ0) is 10.6. The molecule has 0 saturated heterocycles. The van der Waals surface area contributed by atoms with Crippen molar-refractivity contribution in [2.75, 3.05) is 0 Å². The fraction of sp³-hybridized carbons (Fsp3) is 0.0833. The minimum atomic E-state index is -0.984. The number of carbonyl (C=O) groups is 1. The number of carboxylic acids is 1. The standard InChI is InChI=1S/C12H12O2/c1-3-11(9(2)12(13)14)10-7-5-4-6-8-10/h3-8H,2H2,1H3,(H,13,14)/b11-3+. The van der Waals surface area contributed by atoms with Crippen molar-refractivity contribution >= 4 is 11.5 Å². The topological polar surface area (TPSA) is 37.3 Å². The Bertz CT molecular complexity index is 375. The number of hydrogen-bond acceptors (Lipinski definition) is 1. The third-order valence-corrected chi connectivity index (χ3v) is 1.96. The van der Waals surface area contributed by atoms with E-state index in [1.807, 2.05) is 30.3 Å². The van der Waals surface area contributed by atoms with E-state index in [2.05, 4.69) is 6.58 Å². The molecular weight excluding hydrogens is 176 g/mol. The lowest BCUT2D eigenvalue weighted by Crippen LogP contribution is -2.01. The van der Waals surface area contributed by atoms with Gasteiger partial charge in [-0.25, -0.2) is 4.79 Å². The second-order valence-electron chi connectivity index (χ2n) is 2.85. The summed E-state index contributed by atoms with van der Waals surface area (Å²) in [4.78, 5) is 10.7. The van der Waals surface area contributed by atoms with E-state index in [-0.39, 0.29) is 5.57 Å². The summed E-state index contributed by atoms with van der Waals surface area (Å²) in [7, 11) is 0. The van der Waals surface area contributed by atoms with Gasteiger partial charge in [0.25, 0.3) is 0 Å². The Kier molecular flexibility index (Phi) is 3.24. The van der Waals surface area contributed by atoms with E-state index < -0.39 is 5.97 Å². The van der Waals surface area contributed by atoms with E-state index in [1.165, 1.54) is 0 Å². The summed E-state index contributed by atoms with van der Waals surface area (Å²) in [5.74, 6) is -0.984. The summed E-state index contributed by atoms with van der Waals surface area (Å²) in [5, 5.41) is 8.80. The number of carboxylic acid groups (broad SMARTS) is 1. The van der Waals surface area contributed by atoms with Crippen LogP contribution in [0.5, 0.6) is 0 Å². The maximum atomic E-state index is 10.7. The van der Waals surface area contributed by atoms with Crippen molar-refractivity contribution in [2.45, 2.75) is 6.92 Å². The molecule has 2 heteroatoms. The Morgan fingerprint density at radius 3 is 2.36 bits per heavy atom. The van der Waals surface area contributed by atoms with E-state index in [0.29, 0.717) is 5.57 Å². The lowest BCUT2D eigenvalue weighted by molar-refractivity contribution is -0.132. The number of allylic oxidation sites excluding steroid dienone is 1. The molecule has 0 aliphatic carbocycles. The lowest BCUT2D eigenvalue weighted by atomic mass is 9.99. The molecule has 0 amide bonds. The molecule has 2 nitrogen and oxygen atoms in total. The molecule has 0 atom stereocenters. The summed E-state index contributed by atoms with van der Waals surface area (Å²) in [5.41, 5.74) is 1.67. The predicted octanol–water partition coefficient (Wildman–Crippen LogP) is 2.73. The maximum absolute atomic E-state index is 10.7. The lowest BCUT2D eigenvalue weighted by Gasteiger charge is -2.06. The van der Waals surface area contributed by atoms with E-state index >= 15 is 0 Å². The average molecular weight is 188 g/mol. The molecule has 0 heterocycles. The molecule has 1 rings (SSSR count). The highest BCUT2D eigenvalue weighted by Crippen LogP contribution is 2.21. The number of aliphatic carboxylic acids is 1. The van der Waals surface area contributed by atoms with Crippen LogP contribution in [0.3, 0.4) is 0 Å². The first-order valence-electron chi connectivity index (χ1n) is 4.31. The van der Waals surface area contributed by atoms with E-state index in [9.17, 15) is 4.79 Å². The van der Waals surface area contributed by atoms with Crippen molar-refractivity contribution < 1.29 is 9.90 Å². The van der Waals surface area contributed by atoms with Crippen LogP contribution in [0.15, 0.2) is 48.6 Å². The zero-order valence-corrected chi connectivity index (χ0v) is 8.03. The molecule has 72 valence electrons. The van der Waals surface area contributed by atoms with Gasteiger partial charge in [0, 0.05) is 0 Å². The minimum absolute atomic E-state index is 0.124. The van der Waals surface area contributed by atoms with E-state index in [4.69, 9.17) is 5.11 Å². The molecule has 0 radical (unpaired) electrons. The Morgan fingerprint density at radius 1 is 1.36 bits per heavy atom. The van der Waals surface area contributed by atoms with Gasteiger partial charge in [-0.15, -0.1) is 0 Å². The molecule has 0 spiro atoms. The fourth-order valence-corrected chi connectivity index (χ4v) is 1.25. The Morgan fingerprint density at radius 2 is 1.93 bits per heavy atom. The molecule has 0 saturated carbocycles. The normalized spacial score (nSPS) is 11.1. The van der Waals surface area contributed by atoms with Gasteiger partial charge in [0.1, 0.15) is 0 Å². The van der Waals surface area contributed by atoms with Crippen LogP contribution in [0.2, 0.25) is 0 Å². The Balaban J connectivity index is 3.07. The van der Waals surface area contributed by atoms with Crippen molar-refractivity contribution in [1.29, 1.82) is 0 Å². The van der Waals surface area contributed by atoms with Gasteiger partial charge in [-0.1, -0.05) is 43.0 Å². The van der Waals surface area contributed by atoms with Crippen molar-refractivity contribution in [2.24, 2.45) is 0 Å². The number of rotatable bonds is 3. The highest BCUT2D eigenvalue weighted by Gasteiger charge is 2.10. The smallest absolute Gasteiger partial charge is 0.335 e. The summed E-state index contributed by atoms with van der Waals surface area (Å²) >= 11 is 0. The van der Waals surface area contributed by atoms with Gasteiger partial charge in [0.2, 0.25) is 0 Å². The van der Waals surface area contributed by atoms with Crippen LogP contribution in [-0.4, -0.2) is 11.1 Å². The van der Waals surface area contributed by atoms with Gasteiger partial charge in [0.15, 0.2) is 0 Å². The van der Waals surface area contributed by atoms with Crippen LogP contribution in [-0.2, 0) is 4.79 Å². The molecular formula is C12H12O2. The summed E-state index contributed by atoms with van der Waals surface area (Å²) < 4.78 is 0. The maximum Gasteiger partial charge on any atom is 0.335 e. The second kappa shape index (κ2) is 4.42. The van der Waals surface area contributed by atoms with Gasteiger partial charge < -0.3 is 5.11 Å². The average Bonchev–Trinajstić information content (AvgIpc) is 2.20. The van der Waals surface area contributed by atoms with Crippen LogP contribution in [0.25, 0.3) is 5.57 Å². The first-order valence-corrected chi connectivity index (χ1v) is 4.31. The SMILES string of the molecule is C=C(C(=O)O)/C(=C\C)c1ccccc1.